The Kier molecular flexibility index (Phi) is 4.17. The SMILES string of the molecule is O=C=NCc1cc([N+](=O)[O-])ccc1N1CCc2ccccc2C1. The average molecular weight is 309 g/mol. The third-order valence-corrected chi connectivity index (χ3v) is 4.06. The number of isocyanates is 1. The number of nitro benzene ring substituents is 1. The molecule has 0 N–H and O–H groups in total. The zero-order valence-electron chi connectivity index (χ0n) is 12.4. The first-order chi connectivity index (χ1) is 11.2. The molecule has 1 aliphatic heterocycles. The highest BCUT2D eigenvalue weighted by molar-refractivity contribution is 5.59. The summed E-state index contributed by atoms with van der Waals surface area (Å²) in [6, 6.07) is 13.0. The molecule has 0 saturated heterocycles. The van der Waals surface area contributed by atoms with E-state index in [1.54, 1.807) is 6.07 Å². The van der Waals surface area contributed by atoms with Gasteiger partial charge in [-0.25, -0.2) is 9.79 Å². The lowest BCUT2D eigenvalue weighted by Crippen LogP contribution is -2.31. The molecular formula is C17H15N3O3. The Labute approximate surface area is 133 Å². The molecule has 0 aliphatic carbocycles. The summed E-state index contributed by atoms with van der Waals surface area (Å²) >= 11 is 0. The van der Waals surface area contributed by atoms with Crippen molar-refractivity contribution in [1.29, 1.82) is 0 Å². The number of hydrogen-bond donors (Lipinski definition) is 0. The molecule has 0 fully saturated rings. The summed E-state index contributed by atoms with van der Waals surface area (Å²) in [5.74, 6) is 0. The normalized spacial score (nSPS) is 13.1. The van der Waals surface area contributed by atoms with Crippen LogP contribution in [0.15, 0.2) is 47.5 Å². The summed E-state index contributed by atoms with van der Waals surface area (Å²) in [5, 5.41) is 11.0. The molecule has 0 amide bonds. The molecule has 23 heavy (non-hydrogen) atoms. The summed E-state index contributed by atoms with van der Waals surface area (Å²) in [6.45, 7) is 1.66. The number of fused-ring (bicyclic) bond motifs is 1. The molecule has 6 nitrogen and oxygen atoms in total. The Bertz CT molecular complexity index is 797. The third kappa shape index (κ3) is 3.12. The van der Waals surface area contributed by atoms with Crippen LogP contribution in [-0.4, -0.2) is 17.5 Å². The van der Waals surface area contributed by atoms with E-state index in [4.69, 9.17) is 0 Å². The highest BCUT2D eigenvalue weighted by Crippen LogP contribution is 2.30. The lowest BCUT2D eigenvalue weighted by molar-refractivity contribution is -0.384. The molecule has 1 aliphatic rings. The molecule has 0 atom stereocenters. The van der Waals surface area contributed by atoms with Crippen molar-refractivity contribution < 1.29 is 9.72 Å². The minimum absolute atomic E-state index is 0.00209. The second kappa shape index (κ2) is 6.42. The van der Waals surface area contributed by atoms with Crippen LogP contribution in [0, 0.1) is 10.1 Å². The Morgan fingerprint density at radius 2 is 2.00 bits per heavy atom. The fourth-order valence-electron chi connectivity index (χ4n) is 2.94. The van der Waals surface area contributed by atoms with E-state index in [0.717, 1.165) is 25.2 Å². The number of rotatable bonds is 4. The minimum Gasteiger partial charge on any atom is -0.367 e. The topological polar surface area (TPSA) is 75.8 Å². The van der Waals surface area contributed by atoms with Gasteiger partial charge in [0.15, 0.2) is 0 Å². The maximum atomic E-state index is 11.0. The second-order valence-electron chi connectivity index (χ2n) is 5.42. The molecule has 0 spiro atoms. The first-order valence-electron chi connectivity index (χ1n) is 7.31. The molecule has 116 valence electrons. The molecule has 1 heterocycles. The van der Waals surface area contributed by atoms with Crippen molar-refractivity contribution in [3.8, 4) is 0 Å². The average Bonchev–Trinajstić information content (AvgIpc) is 2.59. The molecular weight excluding hydrogens is 294 g/mol. The molecule has 3 rings (SSSR count). The summed E-state index contributed by atoms with van der Waals surface area (Å²) in [7, 11) is 0. The molecule has 0 radical (unpaired) electrons. The molecule has 2 aromatic carbocycles. The van der Waals surface area contributed by atoms with Crippen LogP contribution in [0.5, 0.6) is 0 Å². The van der Waals surface area contributed by atoms with Crippen LogP contribution in [-0.2, 0) is 24.3 Å². The maximum Gasteiger partial charge on any atom is 0.269 e. The van der Waals surface area contributed by atoms with E-state index < -0.39 is 4.92 Å². The van der Waals surface area contributed by atoms with E-state index in [-0.39, 0.29) is 12.2 Å². The Hall–Kier alpha value is -2.98. The number of aliphatic imine (C=N–C) groups is 1. The highest BCUT2D eigenvalue weighted by atomic mass is 16.6. The Morgan fingerprint density at radius 3 is 2.74 bits per heavy atom. The fourth-order valence-corrected chi connectivity index (χ4v) is 2.94. The van der Waals surface area contributed by atoms with Crippen LogP contribution in [0.1, 0.15) is 16.7 Å². The molecule has 0 saturated carbocycles. The van der Waals surface area contributed by atoms with Crippen molar-refractivity contribution in [1.82, 2.24) is 0 Å². The number of nitrogens with zero attached hydrogens (tertiary/aromatic N) is 3. The van der Waals surface area contributed by atoms with Crippen molar-refractivity contribution in [2.24, 2.45) is 4.99 Å². The molecule has 2 aromatic rings. The Morgan fingerprint density at radius 1 is 1.22 bits per heavy atom. The summed E-state index contributed by atoms with van der Waals surface area (Å²) in [6.07, 6.45) is 2.42. The van der Waals surface area contributed by atoms with Gasteiger partial charge in [-0.1, -0.05) is 24.3 Å². The van der Waals surface area contributed by atoms with Gasteiger partial charge in [0.25, 0.3) is 5.69 Å². The maximum absolute atomic E-state index is 11.0. The number of carbonyl (C=O) groups excluding carboxylic acids is 1. The van der Waals surface area contributed by atoms with Crippen LogP contribution in [0.2, 0.25) is 0 Å². The summed E-state index contributed by atoms with van der Waals surface area (Å²) < 4.78 is 0. The van der Waals surface area contributed by atoms with E-state index >= 15 is 0 Å². The summed E-state index contributed by atoms with van der Waals surface area (Å²) in [5.41, 5.74) is 4.13. The van der Waals surface area contributed by atoms with Crippen LogP contribution >= 0.6 is 0 Å². The van der Waals surface area contributed by atoms with Gasteiger partial charge in [0.05, 0.1) is 11.5 Å². The lowest BCUT2D eigenvalue weighted by atomic mass is 9.98. The number of nitro groups is 1. The van der Waals surface area contributed by atoms with Gasteiger partial charge < -0.3 is 4.90 Å². The molecule has 0 unspecified atom stereocenters. The van der Waals surface area contributed by atoms with Crippen LogP contribution < -0.4 is 4.90 Å². The van der Waals surface area contributed by atoms with Crippen molar-refractivity contribution in [2.45, 2.75) is 19.5 Å². The van der Waals surface area contributed by atoms with E-state index in [2.05, 4.69) is 22.0 Å². The van der Waals surface area contributed by atoms with Gasteiger partial charge in [-0.2, -0.15) is 0 Å². The Balaban J connectivity index is 1.95. The first kappa shape index (κ1) is 14.9. The standard InChI is InChI=1S/C17H15N3O3/c21-12-18-10-15-9-16(20(22)23)5-6-17(15)19-8-7-13-3-1-2-4-14(13)11-19/h1-6,9H,7-8,10-11H2. The summed E-state index contributed by atoms with van der Waals surface area (Å²) in [4.78, 5) is 26.7. The van der Waals surface area contributed by atoms with Gasteiger partial charge in [0.2, 0.25) is 6.08 Å². The van der Waals surface area contributed by atoms with E-state index in [9.17, 15) is 14.9 Å². The van der Waals surface area contributed by atoms with E-state index in [1.165, 1.54) is 29.3 Å². The fraction of sp³-hybridized carbons (Fsp3) is 0.235. The predicted molar refractivity (Wildman–Crippen MR) is 86.1 cm³/mol. The van der Waals surface area contributed by atoms with Crippen LogP contribution in [0.25, 0.3) is 0 Å². The van der Waals surface area contributed by atoms with Crippen molar-refractivity contribution in [3.63, 3.8) is 0 Å². The monoisotopic (exact) mass is 309 g/mol. The van der Waals surface area contributed by atoms with Crippen LogP contribution in [0.3, 0.4) is 0 Å². The first-order valence-corrected chi connectivity index (χ1v) is 7.31. The van der Waals surface area contributed by atoms with Crippen molar-refractivity contribution in [2.75, 3.05) is 11.4 Å². The smallest absolute Gasteiger partial charge is 0.269 e. The number of hydrogen-bond acceptors (Lipinski definition) is 5. The largest absolute Gasteiger partial charge is 0.367 e. The van der Waals surface area contributed by atoms with Gasteiger partial charge in [-0.05, 0) is 23.6 Å². The van der Waals surface area contributed by atoms with Gasteiger partial charge in [0.1, 0.15) is 0 Å². The number of non-ortho nitro benzene ring substituents is 1. The number of benzene rings is 2. The zero-order valence-corrected chi connectivity index (χ0v) is 12.4. The van der Waals surface area contributed by atoms with E-state index in [0.29, 0.717) is 5.56 Å². The van der Waals surface area contributed by atoms with Gasteiger partial charge in [-0.3, -0.25) is 10.1 Å². The van der Waals surface area contributed by atoms with Gasteiger partial charge in [-0.15, -0.1) is 0 Å². The van der Waals surface area contributed by atoms with Crippen LogP contribution in [0.4, 0.5) is 11.4 Å². The molecule has 6 heteroatoms. The van der Waals surface area contributed by atoms with Crippen molar-refractivity contribution >= 4 is 17.5 Å². The number of anilines is 1. The second-order valence-corrected chi connectivity index (χ2v) is 5.42. The zero-order chi connectivity index (χ0) is 16.2. The van der Waals surface area contributed by atoms with Gasteiger partial charge >= 0.3 is 0 Å². The van der Waals surface area contributed by atoms with Gasteiger partial charge in [0, 0.05) is 36.5 Å². The minimum atomic E-state index is -0.441. The predicted octanol–water partition coefficient (Wildman–Crippen LogP) is 2.99. The van der Waals surface area contributed by atoms with E-state index in [1.807, 2.05) is 12.1 Å². The van der Waals surface area contributed by atoms with Crippen molar-refractivity contribution in [3.05, 3.63) is 69.3 Å². The highest BCUT2D eigenvalue weighted by Gasteiger charge is 2.20. The molecule has 0 bridgehead atoms. The lowest BCUT2D eigenvalue weighted by Gasteiger charge is -2.32. The quantitative estimate of drug-likeness (QED) is 0.376. The molecule has 0 aromatic heterocycles. The third-order valence-electron chi connectivity index (χ3n) is 4.06.